The van der Waals surface area contributed by atoms with E-state index in [9.17, 15) is 0 Å². The summed E-state index contributed by atoms with van der Waals surface area (Å²) in [6.45, 7) is 11.5. The maximum atomic E-state index is 2.51. The summed E-state index contributed by atoms with van der Waals surface area (Å²) in [4.78, 5) is 2.51. The standard InChI is InChI=1S/C15H23N/c1-5-16-10-6-7-12-8-9-13(11-14(12)16)15(2,3)4/h8-9,11H,5-7,10H2,1-4H3. The van der Waals surface area contributed by atoms with Crippen molar-refractivity contribution in [3.05, 3.63) is 29.3 Å². The van der Waals surface area contributed by atoms with Gasteiger partial charge in [0.2, 0.25) is 0 Å². The molecular weight excluding hydrogens is 194 g/mol. The minimum absolute atomic E-state index is 0.256. The van der Waals surface area contributed by atoms with E-state index < -0.39 is 0 Å². The van der Waals surface area contributed by atoms with Gasteiger partial charge in [0.25, 0.3) is 0 Å². The molecule has 1 aliphatic rings. The number of aryl methyl sites for hydroxylation is 1. The van der Waals surface area contributed by atoms with Crippen molar-refractivity contribution >= 4 is 5.69 Å². The molecule has 1 heterocycles. The highest BCUT2D eigenvalue weighted by molar-refractivity contribution is 5.58. The first-order valence-electron chi connectivity index (χ1n) is 6.40. The minimum Gasteiger partial charge on any atom is -0.372 e. The Morgan fingerprint density at radius 2 is 2.00 bits per heavy atom. The van der Waals surface area contributed by atoms with Gasteiger partial charge in [-0.3, -0.25) is 0 Å². The molecule has 0 atom stereocenters. The van der Waals surface area contributed by atoms with E-state index in [0.29, 0.717) is 0 Å². The van der Waals surface area contributed by atoms with E-state index in [4.69, 9.17) is 0 Å². The van der Waals surface area contributed by atoms with Crippen LogP contribution in [-0.4, -0.2) is 13.1 Å². The fraction of sp³-hybridized carbons (Fsp3) is 0.600. The summed E-state index contributed by atoms with van der Waals surface area (Å²) in [6.07, 6.45) is 2.55. The van der Waals surface area contributed by atoms with Gasteiger partial charge in [-0.25, -0.2) is 0 Å². The first-order chi connectivity index (χ1) is 7.52. The number of rotatable bonds is 1. The van der Waals surface area contributed by atoms with Crippen LogP contribution in [0.2, 0.25) is 0 Å². The molecule has 0 bridgehead atoms. The molecule has 1 nitrogen and oxygen atoms in total. The summed E-state index contributed by atoms with van der Waals surface area (Å²) in [5.41, 5.74) is 4.71. The molecule has 0 unspecified atom stereocenters. The van der Waals surface area contributed by atoms with Gasteiger partial charge in [-0.15, -0.1) is 0 Å². The van der Waals surface area contributed by atoms with Crippen molar-refractivity contribution in [2.75, 3.05) is 18.0 Å². The van der Waals surface area contributed by atoms with E-state index >= 15 is 0 Å². The second kappa shape index (κ2) is 4.12. The van der Waals surface area contributed by atoms with Crippen molar-refractivity contribution in [1.29, 1.82) is 0 Å². The van der Waals surface area contributed by atoms with Gasteiger partial charge < -0.3 is 4.90 Å². The van der Waals surface area contributed by atoms with Gasteiger partial charge in [0.05, 0.1) is 0 Å². The third-order valence-electron chi connectivity index (χ3n) is 3.55. The van der Waals surface area contributed by atoms with Crippen LogP contribution < -0.4 is 4.90 Å². The van der Waals surface area contributed by atoms with Crippen molar-refractivity contribution in [2.45, 2.75) is 46.0 Å². The third kappa shape index (κ3) is 2.09. The third-order valence-corrected chi connectivity index (χ3v) is 3.55. The normalized spacial score (nSPS) is 16.1. The van der Waals surface area contributed by atoms with Crippen molar-refractivity contribution in [3.8, 4) is 0 Å². The number of hydrogen-bond acceptors (Lipinski definition) is 1. The van der Waals surface area contributed by atoms with Crippen LogP contribution in [0.5, 0.6) is 0 Å². The SMILES string of the molecule is CCN1CCCc2ccc(C(C)(C)C)cc21. The highest BCUT2D eigenvalue weighted by atomic mass is 15.1. The maximum absolute atomic E-state index is 2.51. The maximum Gasteiger partial charge on any atom is 0.0401 e. The number of nitrogens with zero attached hydrogens (tertiary/aromatic N) is 1. The number of hydrogen-bond donors (Lipinski definition) is 0. The Kier molecular flexibility index (Phi) is 2.96. The smallest absolute Gasteiger partial charge is 0.0401 e. The zero-order chi connectivity index (χ0) is 11.8. The van der Waals surface area contributed by atoms with Crippen LogP contribution in [0.3, 0.4) is 0 Å². The first-order valence-corrected chi connectivity index (χ1v) is 6.40. The summed E-state index contributed by atoms with van der Waals surface area (Å²) in [6, 6.07) is 7.04. The molecule has 0 spiro atoms. The minimum atomic E-state index is 0.256. The quantitative estimate of drug-likeness (QED) is 0.692. The van der Waals surface area contributed by atoms with Gasteiger partial charge in [-0.1, -0.05) is 32.9 Å². The van der Waals surface area contributed by atoms with E-state index in [1.165, 1.54) is 36.2 Å². The molecule has 1 aromatic rings. The lowest BCUT2D eigenvalue weighted by molar-refractivity contribution is 0.588. The van der Waals surface area contributed by atoms with Crippen LogP contribution in [0.15, 0.2) is 18.2 Å². The van der Waals surface area contributed by atoms with Crippen LogP contribution in [0.25, 0.3) is 0 Å². The van der Waals surface area contributed by atoms with Crippen LogP contribution in [0.4, 0.5) is 5.69 Å². The van der Waals surface area contributed by atoms with E-state index in [0.717, 1.165) is 6.54 Å². The zero-order valence-electron chi connectivity index (χ0n) is 11.0. The molecule has 0 saturated heterocycles. The van der Waals surface area contributed by atoms with Gasteiger partial charge >= 0.3 is 0 Å². The number of fused-ring (bicyclic) bond motifs is 1. The van der Waals surface area contributed by atoms with Crippen molar-refractivity contribution in [2.24, 2.45) is 0 Å². The van der Waals surface area contributed by atoms with E-state index in [2.05, 4.69) is 50.8 Å². The zero-order valence-corrected chi connectivity index (χ0v) is 11.0. The monoisotopic (exact) mass is 217 g/mol. The van der Waals surface area contributed by atoms with Gasteiger partial charge in [0.1, 0.15) is 0 Å². The lowest BCUT2D eigenvalue weighted by Crippen LogP contribution is -2.29. The Balaban J connectivity index is 2.43. The molecule has 0 radical (unpaired) electrons. The molecule has 0 amide bonds. The van der Waals surface area contributed by atoms with E-state index in [1.807, 2.05) is 0 Å². The van der Waals surface area contributed by atoms with Crippen LogP contribution >= 0.6 is 0 Å². The molecule has 1 heteroatoms. The Morgan fingerprint density at radius 3 is 2.62 bits per heavy atom. The molecule has 2 rings (SSSR count). The van der Waals surface area contributed by atoms with Crippen molar-refractivity contribution in [1.82, 2.24) is 0 Å². The molecule has 0 saturated carbocycles. The molecule has 1 aromatic carbocycles. The molecular formula is C15H23N. The van der Waals surface area contributed by atoms with Crippen molar-refractivity contribution < 1.29 is 0 Å². The predicted octanol–water partition coefficient (Wildman–Crippen LogP) is 3.76. The highest BCUT2D eigenvalue weighted by Gasteiger charge is 2.19. The number of benzene rings is 1. The lowest BCUT2D eigenvalue weighted by atomic mass is 9.85. The first kappa shape index (κ1) is 11.5. The average Bonchev–Trinajstić information content (AvgIpc) is 2.26. The van der Waals surface area contributed by atoms with E-state index in [1.54, 1.807) is 0 Å². The Bertz CT molecular complexity index is 374. The summed E-state index contributed by atoms with van der Waals surface area (Å²) < 4.78 is 0. The molecule has 1 aliphatic heterocycles. The molecule has 0 N–H and O–H groups in total. The highest BCUT2D eigenvalue weighted by Crippen LogP contribution is 2.32. The summed E-state index contributed by atoms with van der Waals surface area (Å²) in [5.74, 6) is 0. The Labute approximate surface area is 99.5 Å². The van der Waals surface area contributed by atoms with Crippen LogP contribution in [0, 0.1) is 0 Å². The average molecular weight is 217 g/mol. The van der Waals surface area contributed by atoms with Crippen LogP contribution in [-0.2, 0) is 11.8 Å². The second-order valence-corrected chi connectivity index (χ2v) is 5.78. The Morgan fingerprint density at radius 1 is 1.25 bits per heavy atom. The second-order valence-electron chi connectivity index (χ2n) is 5.78. The molecule has 0 aliphatic carbocycles. The van der Waals surface area contributed by atoms with Gasteiger partial charge in [-0.05, 0) is 42.4 Å². The number of anilines is 1. The summed E-state index contributed by atoms with van der Waals surface area (Å²) >= 11 is 0. The fourth-order valence-electron chi connectivity index (χ4n) is 2.45. The fourth-order valence-corrected chi connectivity index (χ4v) is 2.45. The molecule has 0 fully saturated rings. The Hall–Kier alpha value is -0.980. The van der Waals surface area contributed by atoms with Gasteiger partial charge in [-0.2, -0.15) is 0 Å². The molecule has 0 aromatic heterocycles. The summed E-state index contributed by atoms with van der Waals surface area (Å²) in [7, 11) is 0. The van der Waals surface area contributed by atoms with Crippen LogP contribution in [0.1, 0.15) is 45.2 Å². The van der Waals surface area contributed by atoms with Gasteiger partial charge in [0, 0.05) is 18.8 Å². The summed E-state index contributed by atoms with van der Waals surface area (Å²) in [5, 5.41) is 0. The largest absolute Gasteiger partial charge is 0.372 e. The van der Waals surface area contributed by atoms with E-state index in [-0.39, 0.29) is 5.41 Å². The topological polar surface area (TPSA) is 3.24 Å². The molecule has 16 heavy (non-hydrogen) atoms. The lowest BCUT2D eigenvalue weighted by Gasteiger charge is -2.32. The van der Waals surface area contributed by atoms with Gasteiger partial charge in [0.15, 0.2) is 0 Å². The van der Waals surface area contributed by atoms with Crippen molar-refractivity contribution in [3.63, 3.8) is 0 Å². The predicted molar refractivity (Wildman–Crippen MR) is 71.4 cm³/mol. The molecule has 88 valence electrons.